The van der Waals surface area contributed by atoms with Crippen molar-refractivity contribution in [3.63, 3.8) is 0 Å². The van der Waals surface area contributed by atoms with Crippen LogP contribution in [-0.2, 0) is 4.79 Å². The third-order valence-electron chi connectivity index (χ3n) is 4.92. The lowest BCUT2D eigenvalue weighted by atomic mass is 9.80. The molecule has 1 aliphatic carbocycles. The van der Waals surface area contributed by atoms with Gasteiger partial charge in [0.2, 0.25) is 0 Å². The molecule has 3 rings (SSSR count). The second-order valence-electron chi connectivity index (χ2n) is 6.70. The smallest absolute Gasteiger partial charge is 0.396 e. The average Bonchev–Trinajstić information content (AvgIpc) is 2.95. The lowest BCUT2D eigenvalue weighted by Gasteiger charge is -2.27. The number of carbonyl (C=O) groups is 1. The van der Waals surface area contributed by atoms with E-state index < -0.39 is 0 Å². The molecule has 0 radical (unpaired) electrons. The molecule has 0 aliphatic heterocycles. The summed E-state index contributed by atoms with van der Waals surface area (Å²) in [5, 5.41) is 0. The Balaban J connectivity index is 1.52. The summed E-state index contributed by atoms with van der Waals surface area (Å²) in [5.41, 5.74) is 0.481. The van der Waals surface area contributed by atoms with Gasteiger partial charge in [-0.25, -0.2) is 4.79 Å². The first-order valence-electron chi connectivity index (χ1n) is 8.91. The Morgan fingerprint density at radius 1 is 1.25 bits per heavy atom. The van der Waals surface area contributed by atoms with Gasteiger partial charge in [-0.1, -0.05) is 43.9 Å². The van der Waals surface area contributed by atoms with Crippen LogP contribution in [0.2, 0.25) is 0 Å². The molecule has 1 aromatic heterocycles. The van der Waals surface area contributed by atoms with Crippen LogP contribution in [0.3, 0.4) is 0 Å². The second-order valence-corrected chi connectivity index (χ2v) is 7.67. The minimum Gasteiger partial charge on any atom is -0.426 e. The molecule has 0 spiro atoms. The van der Waals surface area contributed by atoms with Gasteiger partial charge < -0.3 is 9.15 Å². The Kier molecular flexibility index (Phi) is 5.72. The van der Waals surface area contributed by atoms with Gasteiger partial charge in [0.1, 0.15) is 5.75 Å². The fourth-order valence-corrected chi connectivity index (χ4v) is 4.13. The molecule has 1 aliphatic rings. The minimum atomic E-state index is -0.338. The molecule has 1 heterocycles. The highest BCUT2D eigenvalue weighted by Gasteiger charge is 2.27. The van der Waals surface area contributed by atoms with Gasteiger partial charge >= 0.3 is 10.9 Å². The highest BCUT2D eigenvalue weighted by molar-refractivity contribution is 7.16. The van der Waals surface area contributed by atoms with Gasteiger partial charge in [-0.05, 0) is 43.7 Å². The van der Waals surface area contributed by atoms with E-state index in [4.69, 9.17) is 9.15 Å². The van der Waals surface area contributed by atoms with E-state index in [1.807, 2.05) is 0 Å². The summed E-state index contributed by atoms with van der Waals surface area (Å²) in [6.45, 7) is 2.23. The molecule has 1 fully saturated rings. The van der Waals surface area contributed by atoms with Crippen LogP contribution in [0, 0.1) is 11.8 Å². The van der Waals surface area contributed by atoms with Crippen LogP contribution >= 0.6 is 11.3 Å². The van der Waals surface area contributed by atoms with Crippen molar-refractivity contribution in [2.45, 2.75) is 58.3 Å². The largest absolute Gasteiger partial charge is 0.426 e. The maximum Gasteiger partial charge on any atom is 0.396 e. The quantitative estimate of drug-likeness (QED) is 0.412. The Morgan fingerprint density at radius 2 is 2.04 bits per heavy atom. The monoisotopic (exact) mass is 348 g/mol. The summed E-state index contributed by atoms with van der Waals surface area (Å²) in [7, 11) is 0. The first kappa shape index (κ1) is 17.2. The average molecular weight is 348 g/mol. The second kappa shape index (κ2) is 7.97. The number of carbonyl (C=O) groups excluding carboxylic acids is 1. The lowest BCUT2D eigenvalue weighted by Crippen LogP contribution is -2.25. The summed E-state index contributed by atoms with van der Waals surface area (Å²) in [6.07, 6.45) is 9.27. The van der Waals surface area contributed by atoms with E-state index in [9.17, 15) is 9.59 Å². The predicted octanol–water partition coefficient (Wildman–Crippen LogP) is 5.15. The molecule has 5 heteroatoms. The van der Waals surface area contributed by atoms with Crippen molar-refractivity contribution >= 4 is 27.6 Å². The molecule has 0 N–H and O–H groups in total. The SMILES string of the molecule is CCCCCC1CCC(C(=O)Oc2ccc3sc(=O)oc3c2)CC1. The molecule has 24 heavy (non-hydrogen) atoms. The zero-order valence-electron chi connectivity index (χ0n) is 14.1. The molecular weight excluding hydrogens is 324 g/mol. The maximum atomic E-state index is 12.4. The Hall–Kier alpha value is -1.62. The summed E-state index contributed by atoms with van der Waals surface area (Å²) < 4.78 is 11.3. The molecule has 2 aromatic rings. The zero-order valence-corrected chi connectivity index (χ0v) is 14.9. The van der Waals surface area contributed by atoms with Crippen LogP contribution in [0.1, 0.15) is 58.3 Å². The van der Waals surface area contributed by atoms with Crippen molar-refractivity contribution in [1.29, 1.82) is 0 Å². The molecule has 0 amide bonds. The topological polar surface area (TPSA) is 56.5 Å². The Bertz CT molecular complexity index is 737. The van der Waals surface area contributed by atoms with Crippen LogP contribution in [0.15, 0.2) is 27.4 Å². The third kappa shape index (κ3) is 4.26. The van der Waals surface area contributed by atoms with Crippen molar-refractivity contribution in [2.24, 2.45) is 11.8 Å². The number of unbranched alkanes of at least 4 members (excludes halogenated alkanes) is 2. The molecular formula is C19H24O4S. The van der Waals surface area contributed by atoms with Crippen LogP contribution in [0.5, 0.6) is 5.75 Å². The molecule has 0 atom stereocenters. The van der Waals surface area contributed by atoms with E-state index in [1.165, 1.54) is 25.7 Å². The summed E-state index contributed by atoms with van der Waals surface area (Å²) in [5.74, 6) is 1.08. The number of rotatable bonds is 6. The van der Waals surface area contributed by atoms with Crippen molar-refractivity contribution in [2.75, 3.05) is 0 Å². The van der Waals surface area contributed by atoms with Crippen LogP contribution < -0.4 is 9.68 Å². The zero-order chi connectivity index (χ0) is 16.9. The highest BCUT2D eigenvalue weighted by Crippen LogP contribution is 2.33. The molecule has 1 saturated carbocycles. The minimum absolute atomic E-state index is 0.00222. The molecule has 1 aromatic carbocycles. The fourth-order valence-electron chi connectivity index (χ4n) is 3.49. The van der Waals surface area contributed by atoms with E-state index in [-0.39, 0.29) is 16.8 Å². The number of benzene rings is 1. The molecule has 0 unspecified atom stereocenters. The van der Waals surface area contributed by atoms with E-state index in [0.717, 1.165) is 47.6 Å². The lowest BCUT2D eigenvalue weighted by molar-refractivity contribution is -0.140. The number of fused-ring (bicyclic) bond motifs is 1. The first-order valence-corrected chi connectivity index (χ1v) is 9.72. The van der Waals surface area contributed by atoms with Gasteiger partial charge in [-0.2, -0.15) is 0 Å². The normalized spacial score (nSPS) is 21.0. The summed E-state index contributed by atoms with van der Waals surface area (Å²) in [4.78, 5) is 23.3. The van der Waals surface area contributed by atoms with Gasteiger partial charge in [0, 0.05) is 6.07 Å². The third-order valence-corrected chi connectivity index (χ3v) is 5.72. The molecule has 130 valence electrons. The summed E-state index contributed by atoms with van der Waals surface area (Å²) in [6, 6.07) is 5.11. The number of hydrogen-bond donors (Lipinski definition) is 0. The van der Waals surface area contributed by atoms with Crippen LogP contribution in [0.4, 0.5) is 0 Å². The molecule has 0 saturated heterocycles. The number of ether oxygens (including phenoxy) is 1. The van der Waals surface area contributed by atoms with Gasteiger partial charge in [0.25, 0.3) is 0 Å². The van der Waals surface area contributed by atoms with Crippen LogP contribution in [-0.4, -0.2) is 5.97 Å². The Morgan fingerprint density at radius 3 is 2.79 bits per heavy atom. The van der Waals surface area contributed by atoms with Gasteiger partial charge in [-0.15, -0.1) is 0 Å². The van der Waals surface area contributed by atoms with E-state index >= 15 is 0 Å². The van der Waals surface area contributed by atoms with E-state index in [2.05, 4.69) is 6.92 Å². The fraction of sp³-hybridized carbons (Fsp3) is 0.579. The number of hydrogen-bond acceptors (Lipinski definition) is 5. The van der Waals surface area contributed by atoms with Crippen LogP contribution in [0.25, 0.3) is 10.3 Å². The van der Waals surface area contributed by atoms with Crippen molar-refractivity contribution in [3.05, 3.63) is 27.9 Å². The van der Waals surface area contributed by atoms with Gasteiger partial charge in [-0.3, -0.25) is 4.79 Å². The van der Waals surface area contributed by atoms with Gasteiger partial charge in [0.15, 0.2) is 5.58 Å². The maximum absolute atomic E-state index is 12.4. The van der Waals surface area contributed by atoms with Crippen molar-refractivity contribution < 1.29 is 13.9 Å². The van der Waals surface area contributed by atoms with Gasteiger partial charge in [0.05, 0.1) is 10.6 Å². The van der Waals surface area contributed by atoms with Crippen molar-refractivity contribution in [3.8, 4) is 5.75 Å². The molecule has 0 bridgehead atoms. The van der Waals surface area contributed by atoms with E-state index in [0.29, 0.717) is 11.3 Å². The first-order chi connectivity index (χ1) is 11.7. The standard InChI is InChI=1S/C19H24O4S/c1-2-3-4-5-13-6-8-14(9-7-13)18(20)22-15-10-11-17-16(12-15)23-19(21)24-17/h10-14H,2-9H2,1H3. The van der Waals surface area contributed by atoms with E-state index in [1.54, 1.807) is 18.2 Å². The highest BCUT2D eigenvalue weighted by atomic mass is 32.1. The Labute approximate surface area is 145 Å². The predicted molar refractivity (Wildman–Crippen MR) is 95.6 cm³/mol. The summed E-state index contributed by atoms with van der Waals surface area (Å²) >= 11 is 1.05. The number of esters is 1. The van der Waals surface area contributed by atoms with Crippen molar-refractivity contribution in [1.82, 2.24) is 0 Å². The molecule has 4 nitrogen and oxygen atoms in total.